The number of ether oxygens (including phenoxy) is 1. The lowest BCUT2D eigenvalue weighted by Gasteiger charge is -2.16. The van der Waals surface area contributed by atoms with Crippen molar-refractivity contribution in [1.29, 1.82) is 0 Å². The van der Waals surface area contributed by atoms with Gasteiger partial charge >= 0.3 is 0 Å². The van der Waals surface area contributed by atoms with E-state index in [0.717, 1.165) is 28.1 Å². The molecule has 1 fully saturated rings. The van der Waals surface area contributed by atoms with Gasteiger partial charge in [0.2, 0.25) is 0 Å². The molecule has 1 heterocycles. The first-order valence-corrected chi connectivity index (χ1v) is 11.3. The number of nitrogens with zero attached hydrogens (tertiary/aromatic N) is 1. The van der Waals surface area contributed by atoms with Crippen LogP contribution in [0.3, 0.4) is 0 Å². The van der Waals surface area contributed by atoms with Crippen molar-refractivity contribution in [3.8, 4) is 5.75 Å². The fraction of sp³-hybridized carbons (Fsp3) is 0.154. The molecule has 3 aromatic carbocycles. The van der Waals surface area contributed by atoms with Crippen LogP contribution in [0.4, 0.5) is 5.69 Å². The molecule has 1 saturated heterocycles. The molecular weight excluding hydrogens is 422 g/mol. The molecule has 1 aliphatic heterocycles. The fourth-order valence-electron chi connectivity index (χ4n) is 3.39. The Bertz CT molecular complexity index is 1200. The van der Waals surface area contributed by atoms with Crippen molar-refractivity contribution in [3.05, 3.63) is 99.5 Å². The summed E-state index contributed by atoms with van der Waals surface area (Å²) in [7, 11) is 0. The molecule has 1 aliphatic rings. The van der Waals surface area contributed by atoms with Gasteiger partial charge in [-0.1, -0.05) is 78.1 Å². The van der Waals surface area contributed by atoms with Crippen molar-refractivity contribution in [2.75, 3.05) is 4.90 Å². The Labute approximate surface area is 192 Å². The lowest BCUT2D eigenvalue weighted by atomic mass is 10.1. The molecule has 3 aromatic rings. The largest absolute Gasteiger partial charge is 0.488 e. The quantitative estimate of drug-likeness (QED) is 0.327. The van der Waals surface area contributed by atoms with Gasteiger partial charge in [0.05, 0.1) is 10.6 Å². The van der Waals surface area contributed by atoms with Crippen LogP contribution in [0.15, 0.2) is 71.6 Å². The van der Waals surface area contributed by atoms with Crippen molar-refractivity contribution in [2.45, 2.75) is 27.4 Å². The zero-order valence-electron chi connectivity index (χ0n) is 17.7. The Morgan fingerprint density at radius 1 is 0.968 bits per heavy atom. The lowest BCUT2D eigenvalue weighted by molar-refractivity contribution is -0.113. The SMILES string of the molecule is Cc1cccc(COc2ccccc2C=C2SC(=S)N(c3ccc(C)c(C)c3)C2=O)c1. The Kier molecular flexibility index (Phi) is 6.25. The molecule has 0 N–H and O–H groups in total. The van der Waals surface area contributed by atoms with Crippen LogP contribution in [-0.2, 0) is 11.4 Å². The highest BCUT2D eigenvalue weighted by atomic mass is 32.2. The van der Waals surface area contributed by atoms with Gasteiger partial charge in [0.1, 0.15) is 12.4 Å². The topological polar surface area (TPSA) is 29.5 Å². The van der Waals surface area contributed by atoms with Gasteiger partial charge in [-0.3, -0.25) is 9.69 Å². The van der Waals surface area contributed by atoms with Crippen LogP contribution >= 0.6 is 24.0 Å². The van der Waals surface area contributed by atoms with E-state index in [1.165, 1.54) is 22.9 Å². The first-order chi connectivity index (χ1) is 14.9. The highest BCUT2D eigenvalue weighted by molar-refractivity contribution is 8.27. The molecule has 1 amide bonds. The van der Waals surface area contributed by atoms with Crippen LogP contribution < -0.4 is 9.64 Å². The summed E-state index contributed by atoms with van der Waals surface area (Å²) >= 11 is 6.85. The maximum Gasteiger partial charge on any atom is 0.270 e. The third kappa shape index (κ3) is 4.73. The van der Waals surface area contributed by atoms with E-state index in [4.69, 9.17) is 17.0 Å². The molecule has 31 heavy (non-hydrogen) atoms. The fourth-order valence-corrected chi connectivity index (χ4v) is 4.68. The monoisotopic (exact) mass is 445 g/mol. The van der Waals surface area contributed by atoms with Gasteiger partial charge in [-0.15, -0.1) is 0 Å². The van der Waals surface area contributed by atoms with Gasteiger partial charge in [0.25, 0.3) is 5.91 Å². The third-order valence-electron chi connectivity index (χ3n) is 5.22. The number of anilines is 1. The van der Waals surface area contributed by atoms with Gasteiger partial charge in [0, 0.05) is 5.56 Å². The van der Waals surface area contributed by atoms with Crippen LogP contribution in [0.25, 0.3) is 6.08 Å². The Morgan fingerprint density at radius 2 is 1.77 bits per heavy atom. The molecule has 4 rings (SSSR count). The molecule has 5 heteroatoms. The van der Waals surface area contributed by atoms with E-state index in [-0.39, 0.29) is 5.91 Å². The van der Waals surface area contributed by atoms with E-state index in [9.17, 15) is 4.79 Å². The van der Waals surface area contributed by atoms with Crippen molar-refractivity contribution < 1.29 is 9.53 Å². The van der Waals surface area contributed by atoms with Gasteiger partial charge in [0.15, 0.2) is 4.32 Å². The zero-order valence-corrected chi connectivity index (χ0v) is 19.3. The minimum Gasteiger partial charge on any atom is -0.488 e. The number of amides is 1. The average Bonchev–Trinajstić information content (AvgIpc) is 3.02. The molecule has 0 atom stereocenters. The number of para-hydroxylation sites is 1. The van der Waals surface area contributed by atoms with E-state index in [2.05, 4.69) is 26.0 Å². The number of thiocarbonyl (C=S) groups is 1. The summed E-state index contributed by atoms with van der Waals surface area (Å²) in [6, 6.07) is 21.9. The summed E-state index contributed by atoms with van der Waals surface area (Å²) in [5, 5.41) is 0. The van der Waals surface area contributed by atoms with Gasteiger partial charge in [-0.05, 0) is 61.7 Å². The molecule has 3 nitrogen and oxygen atoms in total. The Balaban J connectivity index is 1.58. The molecule has 0 unspecified atom stereocenters. The van der Waals surface area contributed by atoms with Crippen LogP contribution in [0, 0.1) is 20.8 Å². The van der Waals surface area contributed by atoms with Crippen molar-refractivity contribution in [2.24, 2.45) is 0 Å². The number of hydrogen-bond acceptors (Lipinski definition) is 4. The number of hydrogen-bond donors (Lipinski definition) is 0. The first kappa shape index (κ1) is 21.3. The second-order valence-corrected chi connectivity index (χ2v) is 9.28. The second-order valence-electron chi connectivity index (χ2n) is 7.60. The predicted molar refractivity (Wildman–Crippen MR) is 134 cm³/mol. The van der Waals surface area contributed by atoms with Crippen molar-refractivity contribution >= 4 is 46.0 Å². The highest BCUT2D eigenvalue weighted by Gasteiger charge is 2.33. The van der Waals surface area contributed by atoms with E-state index in [0.29, 0.717) is 15.8 Å². The molecule has 0 aliphatic carbocycles. The summed E-state index contributed by atoms with van der Waals surface area (Å²) in [6.45, 7) is 6.62. The number of thioether (sulfide) groups is 1. The minimum absolute atomic E-state index is 0.105. The molecule has 0 radical (unpaired) electrons. The third-order valence-corrected chi connectivity index (χ3v) is 6.53. The van der Waals surface area contributed by atoms with Crippen molar-refractivity contribution in [3.63, 3.8) is 0 Å². The smallest absolute Gasteiger partial charge is 0.270 e. The van der Waals surface area contributed by atoms with Gasteiger partial charge in [-0.25, -0.2) is 0 Å². The molecule has 0 spiro atoms. The van der Waals surface area contributed by atoms with E-state index in [1.54, 1.807) is 4.90 Å². The van der Waals surface area contributed by atoms with E-state index >= 15 is 0 Å². The summed E-state index contributed by atoms with van der Waals surface area (Å²) < 4.78 is 6.62. The first-order valence-electron chi connectivity index (χ1n) is 10.0. The van der Waals surface area contributed by atoms with Crippen LogP contribution in [0.1, 0.15) is 27.8 Å². The number of carbonyl (C=O) groups excluding carboxylic acids is 1. The molecule has 0 aromatic heterocycles. The van der Waals surface area contributed by atoms with Crippen LogP contribution in [0.5, 0.6) is 5.75 Å². The number of carbonyl (C=O) groups is 1. The maximum absolute atomic E-state index is 13.2. The maximum atomic E-state index is 13.2. The second kappa shape index (κ2) is 9.08. The highest BCUT2D eigenvalue weighted by Crippen LogP contribution is 2.37. The summed E-state index contributed by atoms with van der Waals surface area (Å²) in [5.41, 5.74) is 6.28. The Hall–Kier alpha value is -2.89. The van der Waals surface area contributed by atoms with Gasteiger partial charge in [-0.2, -0.15) is 0 Å². The summed E-state index contributed by atoms with van der Waals surface area (Å²) in [5.74, 6) is 0.632. The standard InChI is InChI=1S/C26H23NO2S2/c1-17-7-6-8-20(13-17)16-29-23-10-5-4-9-21(23)15-24-25(28)27(26(30)31-24)22-12-11-18(2)19(3)14-22/h4-15H,16H2,1-3H3. The summed E-state index contributed by atoms with van der Waals surface area (Å²) in [6.07, 6.45) is 1.87. The van der Waals surface area contributed by atoms with Crippen LogP contribution in [-0.4, -0.2) is 10.2 Å². The lowest BCUT2D eigenvalue weighted by Crippen LogP contribution is -2.27. The van der Waals surface area contributed by atoms with Crippen LogP contribution in [0.2, 0.25) is 0 Å². The molecule has 0 saturated carbocycles. The molecule has 0 bridgehead atoms. The average molecular weight is 446 g/mol. The predicted octanol–water partition coefficient (Wildman–Crippen LogP) is 6.60. The minimum atomic E-state index is -0.105. The molecular formula is C26H23NO2S2. The number of rotatable bonds is 5. The zero-order chi connectivity index (χ0) is 22.0. The van der Waals surface area contributed by atoms with E-state index in [1.807, 2.05) is 67.6 Å². The number of benzene rings is 3. The Morgan fingerprint density at radius 3 is 2.55 bits per heavy atom. The normalized spacial score (nSPS) is 15.1. The number of aryl methyl sites for hydroxylation is 3. The molecule has 156 valence electrons. The summed E-state index contributed by atoms with van der Waals surface area (Å²) in [4.78, 5) is 15.4. The van der Waals surface area contributed by atoms with Gasteiger partial charge < -0.3 is 4.74 Å². The van der Waals surface area contributed by atoms with Crippen molar-refractivity contribution in [1.82, 2.24) is 0 Å². The van der Waals surface area contributed by atoms with E-state index < -0.39 is 0 Å².